The molecule has 266 valence electrons. The van der Waals surface area contributed by atoms with Crippen LogP contribution in [0.5, 0.6) is 11.5 Å². The number of rotatable bonds is 6. The van der Waals surface area contributed by atoms with Gasteiger partial charge < -0.3 is 4.74 Å². The van der Waals surface area contributed by atoms with Crippen LogP contribution in [0.1, 0.15) is 25.0 Å². The summed E-state index contributed by atoms with van der Waals surface area (Å²) in [6.45, 7) is 4.47. The second kappa shape index (κ2) is 13.5. The van der Waals surface area contributed by atoms with E-state index in [0.29, 0.717) is 34.9 Å². The highest BCUT2D eigenvalue weighted by atomic mass is 16.5. The van der Waals surface area contributed by atoms with E-state index in [9.17, 15) is 0 Å². The number of para-hydroxylation sites is 2. The van der Waals surface area contributed by atoms with E-state index in [0.717, 1.165) is 66.8 Å². The van der Waals surface area contributed by atoms with E-state index in [1.54, 1.807) is 0 Å². The highest BCUT2D eigenvalue weighted by Crippen LogP contribution is 2.51. The lowest BCUT2D eigenvalue weighted by Gasteiger charge is -2.35. The highest BCUT2D eigenvalue weighted by molar-refractivity contribution is 6.03. The van der Waals surface area contributed by atoms with E-state index >= 15 is 0 Å². The van der Waals surface area contributed by atoms with E-state index in [4.69, 9.17) is 34.6 Å². The molecule has 2 aromatic heterocycles. The number of fused-ring (bicyclic) bond motifs is 3. The van der Waals surface area contributed by atoms with E-state index in [1.807, 2.05) is 121 Å². The first-order chi connectivity index (χ1) is 27.5. The monoisotopic (exact) mass is 722 g/mol. The van der Waals surface area contributed by atoms with Gasteiger partial charge in [-0.1, -0.05) is 159 Å². The van der Waals surface area contributed by atoms with Crippen molar-refractivity contribution in [2.75, 3.05) is 0 Å². The first-order valence-electron chi connectivity index (χ1n) is 18.6. The fourth-order valence-electron chi connectivity index (χ4n) is 7.59. The Bertz CT molecular complexity index is 2860. The van der Waals surface area contributed by atoms with Crippen molar-refractivity contribution in [2.24, 2.45) is 0 Å². The third kappa shape index (κ3) is 5.77. The molecule has 0 bridgehead atoms. The van der Waals surface area contributed by atoms with Gasteiger partial charge in [-0.05, 0) is 35.0 Å². The summed E-state index contributed by atoms with van der Waals surface area (Å²) >= 11 is 0. The van der Waals surface area contributed by atoms with Gasteiger partial charge in [0.25, 0.3) is 0 Å². The van der Waals surface area contributed by atoms with Gasteiger partial charge in [0, 0.05) is 44.4 Å². The van der Waals surface area contributed by atoms with Crippen molar-refractivity contribution in [3.05, 3.63) is 181 Å². The van der Waals surface area contributed by atoms with Crippen LogP contribution in [0.25, 0.3) is 79.1 Å². The second-order valence-electron chi connectivity index (χ2n) is 14.3. The molecule has 0 fully saturated rings. The molecule has 0 saturated carbocycles. The normalized spacial score (nSPS) is 12.8. The van der Waals surface area contributed by atoms with Gasteiger partial charge in [0.2, 0.25) is 0 Å². The van der Waals surface area contributed by atoms with Crippen molar-refractivity contribution >= 4 is 10.8 Å². The molecule has 1 aliphatic rings. The molecule has 0 unspecified atom stereocenters. The average molecular weight is 723 g/mol. The van der Waals surface area contributed by atoms with Crippen LogP contribution in [0, 0.1) is 0 Å². The van der Waals surface area contributed by atoms with Crippen molar-refractivity contribution in [2.45, 2.75) is 19.3 Å². The molecule has 3 heterocycles. The van der Waals surface area contributed by atoms with Crippen LogP contribution < -0.4 is 4.74 Å². The van der Waals surface area contributed by atoms with E-state index in [1.165, 1.54) is 0 Å². The summed E-state index contributed by atoms with van der Waals surface area (Å²) in [5.74, 6) is 5.04. The van der Waals surface area contributed by atoms with Gasteiger partial charge >= 0.3 is 0 Å². The van der Waals surface area contributed by atoms with Crippen LogP contribution >= 0.6 is 0 Å². The van der Waals surface area contributed by atoms with Crippen LogP contribution in [-0.2, 0) is 5.41 Å². The number of aromatic nitrogens is 6. The average Bonchev–Trinajstić information content (AvgIpc) is 3.26. The lowest BCUT2D eigenvalue weighted by Crippen LogP contribution is -2.24. The molecule has 0 atom stereocenters. The van der Waals surface area contributed by atoms with E-state index < -0.39 is 0 Å². The summed E-state index contributed by atoms with van der Waals surface area (Å²) < 4.78 is 6.69. The molecule has 56 heavy (non-hydrogen) atoms. The Kier molecular flexibility index (Phi) is 7.99. The molecule has 0 spiro atoms. The van der Waals surface area contributed by atoms with Crippen molar-refractivity contribution in [1.82, 2.24) is 29.9 Å². The van der Waals surface area contributed by atoms with Crippen LogP contribution in [0.3, 0.4) is 0 Å². The van der Waals surface area contributed by atoms with E-state index in [2.05, 4.69) is 62.4 Å². The summed E-state index contributed by atoms with van der Waals surface area (Å²) in [6.07, 6.45) is 0. The molecular formula is C49H34N6O. The number of hydrogen-bond donors (Lipinski definition) is 0. The minimum Gasteiger partial charge on any atom is -0.456 e. The molecule has 7 aromatic carbocycles. The van der Waals surface area contributed by atoms with Gasteiger partial charge in [-0.2, -0.15) is 0 Å². The minimum atomic E-state index is -0.292. The summed E-state index contributed by atoms with van der Waals surface area (Å²) in [6, 6.07) is 56.9. The number of benzene rings is 7. The third-order valence-electron chi connectivity index (χ3n) is 10.5. The Morgan fingerprint density at radius 3 is 1.25 bits per heavy atom. The molecular weight excluding hydrogens is 689 g/mol. The first-order valence-corrected chi connectivity index (χ1v) is 18.6. The first kappa shape index (κ1) is 33.2. The van der Waals surface area contributed by atoms with Gasteiger partial charge in [0.05, 0.1) is 5.56 Å². The molecule has 7 nitrogen and oxygen atoms in total. The van der Waals surface area contributed by atoms with Crippen LogP contribution in [0.15, 0.2) is 170 Å². The maximum atomic E-state index is 6.69. The predicted molar refractivity (Wildman–Crippen MR) is 222 cm³/mol. The quantitative estimate of drug-likeness (QED) is 0.169. The number of ether oxygens (including phenoxy) is 1. The smallest absolute Gasteiger partial charge is 0.167 e. The zero-order valence-corrected chi connectivity index (χ0v) is 30.8. The maximum absolute atomic E-state index is 6.69. The number of nitrogens with zero attached hydrogens (tertiary/aromatic N) is 6. The minimum absolute atomic E-state index is 0.292. The summed E-state index contributed by atoms with van der Waals surface area (Å²) in [7, 11) is 0. The van der Waals surface area contributed by atoms with Crippen molar-refractivity contribution in [3.8, 4) is 79.8 Å². The summed E-state index contributed by atoms with van der Waals surface area (Å²) in [4.78, 5) is 30.5. The fraction of sp³-hybridized carbons (Fsp3) is 0.0612. The van der Waals surface area contributed by atoms with Gasteiger partial charge in [0.15, 0.2) is 34.9 Å². The van der Waals surface area contributed by atoms with Crippen molar-refractivity contribution in [3.63, 3.8) is 0 Å². The number of hydrogen-bond acceptors (Lipinski definition) is 7. The highest BCUT2D eigenvalue weighted by Gasteiger charge is 2.36. The zero-order chi connectivity index (χ0) is 37.6. The molecule has 0 radical (unpaired) electrons. The SMILES string of the molecule is CC1(C)c2ccccc2Oc2c(-c3nc(-c4ccccc4)nc(-c4ccc(-c5nc(-c6ccccc6)nc(-c6ccccc6)n5)c5ccccc45)n3)cccc21. The van der Waals surface area contributed by atoms with Crippen molar-refractivity contribution < 1.29 is 4.74 Å². The molecule has 1 aliphatic heterocycles. The second-order valence-corrected chi connectivity index (χ2v) is 14.3. The fourth-order valence-corrected chi connectivity index (χ4v) is 7.59. The Hall–Kier alpha value is -7.38. The Morgan fingerprint density at radius 1 is 0.339 bits per heavy atom. The molecule has 9 aromatic rings. The van der Waals surface area contributed by atoms with Crippen LogP contribution in [0.2, 0.25) is 0 Å². The molecule has 10 rings (SSSR count). The van der Waals surface area contributed by atoms with Gasteiger partial charge in [-0.25, -0.2) is 29.9 Å². The lowest BCUT2D eigenvalue weighted by molar-refractivity contribution is 0.419. The van der Waals surface area contributed by atoms with Gasteiger partial charge in [0.1, 0.15) is 11.5 Å². The largest absolute Gasteiger partial charge is 0.456 e. The Balaban J connectivity index is 1.17. The Morgan fingerprint density at radius 2 is 0.732 bits per heavy atom. The molecule has 0 amide bonds. The summed E-state index contributed by atoms with van der Waals surface area (Å²) in [5, 5.41) is 1.93. The zero-order valence-electron chi connectivity index (χ0n) is 30.8. The summed E-state index contributed by atoms with van der Waals surface area (Å²) in [5.41, 5.74) is 7.20. The standard InChI is InChI=1S/C49H34N6O/c1-49(2)39-26-14-15-28-41(39)56-42-38(25-16-27-40(42)49)48-54-45(33-21-10-5-11-22-33)53-47(55-48)37-30-29-36(34-23-12-13-24-35(34)37)46-51-43(31-17-6-3-7-18-31)50-44(52-46)32-19-8-4-9-20-32/h3-30H,1-2H3. The molecule has 0 aliphatic carbocycles. The van der Waals surface area contributed by atoms with Gasteiger partial charge in [-0.3, -0.25) is 0 Å². The van der Waals surface area contributed by atoms with Gasteiger partial charge in [-0.15, -0.1) is 0 Å². The molecule has 7 heteroatoms. The topological polar surface area (TPSA) is 86.6 Å². The van der Waals surface area contributed by atoms with E-state index in [-0.39, 0.29) is 5.41 Å². The third-order valence-corrected chi connectivity index (χ3v) is 10.5. The molecule has 0 saturated heterocycles. The van der Waals surface area contributed by atoms with Crippen LogP contribution in [0.4, 0.5) is 0 Å². The lowest BCUT2D eigenvalue weighted by atomic mass is 9.75. The van der Waals surface area contributed by atoms with Crippen LogP contribution in [-0.4, -0.2) is 29.9 Å². The Labute approximate surface area is 324 Å². The predicted octanol–water partition coefficient (Wildman–Crippen LogP) is 11.6. The molecule has 0 N–H and O–H groups in total. The van der Waals surface area contributed by atoms with Crippen molar-refractivity contribution in [1.29, 1.82) is 0 Å². The maximum Gasteiger partial charge on any atom is 0.167 e.